The highest BCUT2D eigenvalue weighted by molar-refractivity contribution is 8.00. The van der Waals surface area contributed by atoms with Crippen LogP contribution in [-0.4, -0.2) is 73.0 Å². The minimum Gasteiger partial charge on any atom is -0.477 e. The molecular weight excluding hydrogens is 520 g/mol. The molecule has 1 saturated heterocycles. The summed E-state index contributed by atoms with van der Waals surface area (Å²) in [6, 6.07) is 4.71. The van der Waals surface area contributed by atoms with Crippen LogP contribution in [0.5, 0.6) is 0 Å². The predicted octanol–water partition coefficient (Wildman–Crippen LogP) is 0.192. The number of aliphatic carboxylic acids is 1. The van der Waals surface area contributed by atoms with Gasteiger partial charge in [-0.3, -0.25) is 19.6 Å². The van der Waals surface area contributed by atoms with Crippen LogP contribution in [0.15, 0.2) is 58.6 Å². The summed E-state index contributed by atoms with van der Waals surface area (Å²) in [7, 11) is 1.28. The van der Waals surface area contributed by atoms with Crippen LogP contribution in [0, 0.1) is 0 Å². The van der Waals surface area contributed by atoms with Crippen molar-refractivity contribution in [1.29, 1.82) is 0 Å². The van der Waals surface area contributed by atoms with E-state index >= 15 is 0 Å². The second-order valence-corrected chi connectivity index (χ2v) is 10.0. The monoisotopic (exact) mass is 541 g/mol. The number of carboxylic acid groups (broad SMARTS) is 1. The number of nitrogens with one attached hydrogen (secondary N) is 2. The van der Waals surface area contributed by atoms with E-state index in [1.54, 1.807) is 11.6 Å². The summed E-state index contributed by atoms with van der Waals surface area (Å²) in [5.74, 6) is -2.02. The SMILES string of the molecule is CO/N=C(\C(=O)N[C@@H]1C(=O)N2C(C(=O)O)=C(C[n+]3ccc(-c4ccn[nH]4)cc3)CS[C@@H]12)c1csc(N)n1. The van der Waals surface area contributed by atoms with Gasteiger partial charge in [0.05, 0.1) is 5.69 Å². The summed E-state index contributed by atoms with van der Waals surface area (Å²) >= 11 is 2.51. The number of aromatic amines is 1. The number of carbonyl (C=O) groups excluding carboxylic acids is 2. The number of carbonyl (C=O) groups is 3. The van der Waals surface area contributed by atoms with Crippen molar-refractivity contribution in [3.05, 3.63) is 59.1 Å². The zero-order chi connectivity index (χ0) is 26.1. The average Bonchev–Trinajstić information content (AvgIpc) is 3.58. The van der Waals surface area contributed by atoms with E-state index in [9.17, 15) is 19.5 Å². The molecule has 5 N–H and O–H groups in total. The van der Waals surface area contributed by atoms with Crippen molar-refractivity contribution in [2.75, 3.05) is 18.6 Å². The number of thioether (sulfide) groups is 1. The third-order valence-electron chi connectivity index (χ3n) is 5.77. The number of hydrogen-bond donors (Lipinski definition) is 4. The zero-order valence-corrected chi connectivity index (χ0v) is 21.0. The lowest BCUT2D eigenvalue weighted by molar-refractivity contribution is -0.689. The number of oxime groups is 1. The lowest BCUT2D eigenvalue weighted by atomic mass is 10.0. The number of nitrogens with two attached hydrogens (primary N) is 1. The largest absolute Gasteiger partial charge is 0.477 e. The van der Waals surface area contributed by atoms with Gasteiger partial charge in [0.25, 0.3) is 11.8 Å². The summed E-state index contributed by atoms with van der Waals surface area (Å²) in [5.41, 5.74) is 8.06. The van der Waals surface area contributed by atoms with Crippen LogP contribution in [0.25, 0.3) is 11.3 Å². The molecule has 0 aromatic carbocycles. The van der Waals surface area contributed by atoms with E-state index in [4.69, 9.17) is 10.6 Å². The number of nitrogen functional groups attached to an aromatic ring is 1. The topological polar surface area (TPSA) is 180 Å². The normalized spacial score (nSPS) is 19.3. The molecule has 15 heteroatoms. The van der Waals surface area contributed by atoms with E-state index in [0.717, 1.165) is 22.6 Å². The molecule has 0 bridgehead atoms. The molecule has 5 rings (SSSR count). The first-order valence-electron chi connectivity index (χ1n) is 10.9. The van der Waals surface area contributed by atoms with Crippen molar-refractivity contribution in [3.8, 4) is 11.3 Å². The highest BCUT2D eigenvalue weighted by Gasteiger charge is 2.54. The van der Waals surface area contributed by atoms with Crippen LogP contribution >= 0.6 is 23.1 Å². The summed E-state index contributed by atoms with van der Waals surface area (Å²) in [4.78, 5) is 48.1. The van der Waals surface area contributed by atoms with Crippen LogP contribution < -0.4 is 15.6 Å². The molecule has 3 aromatic rings. The van der Waals surface area contributed by atoms with Crippen LogP contribution in [-0.2, 0) is 25.8 Å². The molecule has 13 nitrogen and oxygen atoms in total. The third-order valence-corrected chi connectivity index (χ3v) is 7.79. The Morgan fingerprint density at radius 1 is 1.38 bits per heavy atom. The van der Waals surface area contributed by atoms with Gasteiger partial charge in [-0.25, -0.2) is 14.3 Å². The van der Waals surface area contributed by atoms with E-state index in [2.05, 4.69) is 25.7 Å². The number of thiazole rings is 1. The summed E-state index contributed by atoms with van der Waals surface area (Å²) in [6.07, 6.45) is 5.33. The molecule has 1 fully saturated rings. The maximum atomic E-state index is 13.0. The third kappa shape index (κ3) is 4.65. The number of H-pyrrole nitrogens is 1. The number of pyridine rings is 1. The number of fused-ring (bicyclic) bond motifs is 1. The summed E-state index contributed by atoms with van der Waals surface area (Å²) < 4.78 is 1.84. The van der Waals surface area contributed by atoms with Gasteiger partial charge in [0.2, 0.25) is 0 Å². The molecule has 5 heterocycles. The predicted molar refractivity (Wildman–Crippen MR) is 134 cm³/mol. The first kappa shape index (κ1) is 24.5. The van der Waals surface area contributed by atoms with E-state index in [-0.39, 0.29) is 22.2 Å². The van der Waals surface area contributed by atoms with Gasteiger partial charge in [0, 0.05) is 40.6 Å². The van der Waals surface area contributed by atoms with E-state index < -0.39 is 29.2 Å². The average molecular weight is 542 g/mol. The lowest BCUT2D eigenvalue weighted by Crippen LogP contribution is -2.71. The molecule has 37 heavy (non-hydrogen) atoms. The molecule has 2 amide bonds. The van der Waals surface area contributed by atoms with Crippen molar-refractivity contribution >= 4 is 51.7 Å². The zero-order valence-electron chi connectivity index (χ0n) is 19.3. The molecule has 2 aliphatic rings. The van der Waals surface area contributed by atoms with E-state index in [1.807, 2.05) is 35.2 Å². The van der Waals surface area contributed by atoms with Gasteiger partial charge in [-0.05, 0) is 6.07 Å². The Bertz CT molecular complexity index is 1420. The Labute approximate surface area is 218 Å². The van der Waals surface area contributed by atoms with E-state index in [0.29, 0.717) is 17.9 Å². The van der Waals surface area contributed by atoms with Gasteiger partial charge in [-0.2, -0.15) is 5.10 Å². The fourth-order valence-electron chi connectivity index (χ4n) is 4.09. The van der Waals surface area contributed by atoms with Gasteiger partial charge in [0.15, 0.2) is 29.8 Å². The molecule has 3 aromatic heterocycles. The Kier molecular flexibility index (Phi) is 6.62. The molecule has 0 unspecified atom stereocenters. The van der Waals surface area contributed by atoms with Gasteiger partial charge in [-0.15, -0.1) is 23.1 Å². The standard InChI is InChI=1S/C22H20N8O5S2/c1-35-28-15(14-10-37-22(23)25-14)18(31)26-16-19(32)30-17(21(33)34)12(9-36-20(16)30)8-29-6-3-11(4-7-29)13-2-5-24-27-13/h2-7,10,16,20H,8-9H2,1H3,(H4,23,25,26,31,33,34)/p+1/b28-15-/t16-,20+/m1/s1. The van der Waals surface area contributed by atoms with Crippen LogP contribution in [0.3, 0.4) is 0 Å². The van der Waals surface area contributed by atoms with Gasteiger partial charge in [-0.1, -0.05) is 5.16 Å². The number of aromatic nitrogens is 4. The van der Waals surface area contributed by atoms with Gasteiger partial charge < -0.3 is 21.0 Å². The smallest absolute Gasteiger partial charge is 0.352 e. The first-order valence-corrected chi connectivity index (χ1v) is 12.8. The van der Waals surface area contributed by atoms with Crippen molar-refractivity contribution < 1.29 is 28.9 Å². The minimum absolute atomic E-state index is 0.0672. The molecule has 190 valence electrons. The number of carboxylic acids is 1. The maximum absolute atomic E-state index is 13.0. The van der Waals surface area contributed by atoms with Crippen LogP contribution in [0.4, 0.5) is 5.13 Å². The van der Waals surface area contributed by atoms with Crippen molar-refractivity contribution in [1.82, 2.24) is 25.4 Å². The molecule has 0 spiro atoms. The number of amides is 2. The number of hydrogen-bond acceptors (Lipinski definition) is 10. The van der Waals surface area contributed by atoms with Gasteiger partial charge >= 0.3 is 5.97 Å². The Balaban J connectivity index is 1.32. The van der Waals surface area contributed by atoms with Crippen LogP contribution in [0.2, 0.25) is 0 Å². The molecule has 0 saturated carbocycles. The Morgan fingerprint density at radius 3 is 2.78 bits per heavy atom. The first-order chi connectivity index (χ1) is 17.9. The summed E-state index contributed by atoms with van der Waals surface area (Å²) in [6.45, 7) is 0.293. The second-order valence-electron chi connectivity index (χ2n) is 8.04. The fourth-order valence-corrected chi connectivity index (χ4v) is 5.97. The molecule has 0 aliphatic carbocycles. The number of β-lactam (4-membered cyclic amide) rings is 1. The Morgan fingerprint density at radius 2 is 2.16 bits per heavy atom. The number of rotatable bonds is 8. The maximum Gasteiger partial charge on any atom is 0.352 e. The lowest BCUT2D eigenvalue weighted by Gasteiger charge is -2.49. The molecule has 0 radical (unpaired) electrons. The summed E-state index contributed by atoms with van der Waals surface area (Å²) in [5, 5.41) is 24.4. The van der Waals surface area contributed by atoms with Crippen molar-refractivity contribution in [3.63, 3.8) is 0 Å². The number of nitrogens with zero attached hydrogens (tertiary/aromatic N) is 5. The van der Waals surface area contributed by atoms with Crippen molar-refractivity contribution in [2.24, 2.45) is 5.16 Å². The fraction of sp³-hybridized carbons (Fsp3) is 0.227. The molecular formula is C22H21N8O5S2+. The second kappa shape index (κ2) is 10.0. The number of anilines is 1. The van der Waals surface area contributed by atoms with Crippen LogP contribution in [0.1, 0.15) is 5.69 Å². The van der Waals surface area contributed by atoms with E-state index in [1.165, 1.54) is 23.8 Å². The highest BCUT2D eigenvalue weighted by atomic mass is 32.2. The molecule has 2 aliphatic heterocycles. The quantitative estimate of drug-likeness (QED) is 0.134. The van der Waals surface area contributed by atoms with Gasteiger partial charge in [0.1, 0.15) is 29.9 Å². The highest BCUT2D eigenvalue weighted by Crippen LogP contribution is 2.40. The Hall–Kier alpha value is -4.24. The minimum atomic E-state index is -1.20. The molecule has 2 atom stereocenters. The van der Waals surface area contributed by atoms with Crippen molar-refractivity contribution in [2.45, 2.75) is 18.0 Å².